The lowest BCUT2D eigenvalue weighted by Crippen LogP contribution is -2.30. The molecule has 3 aromatic carbocycles. The smallest absolute Gasteiger partial charge is 0.308 e. The van der Waals surface area contributed by atoms with Crippen LogP contribution in [0.2, 0.25) is 0 Å². The van der Waals surface area contributed by atoms with Crippen LogP contribution in [0.1, 0.15) is 113 Å². The molecule has 0 aliphatic heterocycles. The molecule has 0 aliphatic carbocycles. The molecule has 0 spiro atoms. The molecule has 0 radical (unpaired) electrons. The minimum Gasteiger partial charge on any atom is -0.461 e. The van der Waals surface area contributed by atoms with Crippen molar-refractivity contribution < 1.29 is 52.8 Å². The molecular formula is C54H83NO11. The van der Waals surface area contributed by atoms with E-state index >= 15 is 0 Å². The van der Waals surface area contributed by atoms with Gasteiger partial charge in [-0.2, -0.15) is 0 Å². The third-order valence-corrected chi connectivity index (χ3v) is 10.3. The van der Waals surface area contributed by atoms with E-state index in [9.17, 15) is 29.1 Å². The Morgan fingerprint density at radius 3 is 1.29 bits per heavy atom. The van der Waals surface area contributed by atoms with Gasteiger partial charge in [0.25, 0.3) is 0 Å². The van der Waals surface area contributed by atoms with Gasteiger partial charge in [-0.1, -0.05) is 124 Å². The van der Waals surface area contributed by atoms with Crippen LogP contribution in [-0.4, -0.2) is 102 Å². The molecule has 0 bridgehead atoms. The number of hydrogen-bond acceptors (Lipinski definition) is 12. The van der Waals surface area contributed by atoms with Gasteiger partial charge in [0.05, 0.1) is 25.7 Å². The van der Waals surface area contributed by atoms with Gasteiger partial charge in [0, 0.05) is 38.9 Å². The Labute approximate surface area is 396 Å². The summed E-state index contributed by atoms with van der Waals surface area (Å²) in [6.07, 6.45) is 7.58. The van der Waals surface area contributed by atoms with Crippen molar-refractivity contribution >= 4 is 30.5 Å². The van der Waals surface area contributed by atoms with Gasteiger partial charge < -0.3 is 43.7 Å². The maximum Gasteiger partial charge on any atom is 0.308 e. The molecule has 12 heteroatoms. The number of esters is 3. The summed E-state index contributed by atoms with van der Waals surface area (Å²) in [5, 5.41) is 12.7. The molecule has 0 fully saturated rings. The van der Waals surface area contributed by atoms with Gasteiger partial charge in [0.1, 0.15) is 25.3 Å². The first-order valence-electron chi connectivity index (χ1n) is 23.7. The van der Waals surface area contributed by atoms with Crippen LogP contribution in [0.15, 0.2) is 72.8 Å². The molecule has 4 unspecified atom stereocenters. The van der Waals surface area contributed by atoms with Crippen LogP contribution in [0.4, 0.5) is 0 Å². The first kappa shape index (κ1) is 61.2. The van der Waals surface area contributed by atoms with Crippen molar-refractivity contribution in [1.29, 1.82) is 0 Å². The van der Waals surface area contributed by atoms with Crippen LogP contribution in [0.25, 0.3) is 0 Å². The van der Waals surface area contributed by atoms with E-state index in [-0.39, 0.29) is 62.4 Å². The van der Waals surface area contributed by atoms with E-state index in [1.54, 1.807) is 6.92 Å². The van der Waals surface area contributed by atoms with Crippen LogP contribution < -0.4 is 5.32 Å². The van der Waals surface area contributed by atoms with E-state index in [0.29, 0.717) is 32.4 Å². The van der Waals surface area contributed by atoms with Crippen LogP contribution in [0, 0.1) is 38.5 Å². The first-order valence-corrected chi connectivity index (χ1v) is 23.7. The van der Waals surface area contributed by atoms with E-state index < -0.39 is 24.8 Å². The van der Waals surface area contributed by atoms with Gasteiger partial charge in [-0.15, -0.1) is 0 Å². The highest BCUT2D eigenvalue weighted by Crippen LogP contribution is 2.14. The summed E-state index contributed by atoms with van der Waals surface area (Å²) in [4.78, 5) is 57.0. The summed E-state index contributed by atoms with van der Waals surface area (Å²) in [7, 11) is 3.07. The number of ether oxygens (including phenoxy) is 5. The fraction of sp³-hybridized carbons (Fsp3) is 0.574. The van der Waals surface area contributed by atoms with Crippen LogP contribution in [0.3, 0.4) is 0 Å². The highest BCUT2D eigenvalue weighted by molar-refractivity contribution is 5.72. The fourth-order valence-electron chi connectivity index (χ4n) is 5.95. The van der Waals surface area contributed by atoms with Crippen LogP contribution in [-0.2, 0) is 66.9 Å². The molecule has 66 heavy (non-hydrogen) atoms. The Morgan fingerprint density at radius 1 is 0.576 bits per heavy atom. The van der Waals surface area contributed by atoms with Gasteiger partial charge in [0.15, 0.2) is 6.10 Å². The quantitative estimate of drug-likeness (QED) is 0.0295. The third-order valence-electron chi connectivity index (χ3n) is 10.3. The number of hydrogen-bond donors (Lipinski definition) is 2. The molecule has 0 heterocycles. The Balaban J connectivity index is 0.00000121. The van der Waals surface area contributed by atoms with Crippen molar-refractivity contribution in [3.8, 4) is 0 Å². The van der Waals surface area contributed by atoms with E-state index in [2.05, 4.69) is 67.7 Å². The average Bonchev–Trinajstić information content (AvgIpc) is 3.32. The van der Waals surface area contributed by atoms with E-state index in [1.165, 1.54) is 42.0 Å². The molecule has 3 aromatic rings. The lowest BCUT2D eigenvalue weighted by atomic mass is 10.0. The fourth-order valence-corrected chi connectivity index (χ4v) is 5.95. The zero-order valence-electron chi connectivity index (χ0n) is 41.8. The van der Waals surface area contributed by atoms with Crippen molar-refractivity contribution in [2.24, 2.45) is 17.8 Å². The maximum atomic E-state index is 12.3. The Hall–Kier alpha value is -4.75. The minimum atomic E-state index is -0.894. The highest BCUT2D eigenvalue weighted by Gasteiger charge is 2.20. The molecule has 4 atom stereocenters. The predicted molar refractivity (Wildman–Crippen MR) is 262 cm³/mol. The van der Waals surface area contributed by atoms with Gasteiger partial charge in [-0.25, -0.2) is 0 Å². The molecule has 0 saturated heterocycles. The summed E-state index contributed by atoms with van der Waals surface area (Å²) < 4.78 is 25.8. The van der Waals surface area contributed by atoms with E-state index in [1.807, 2.05) is 58.9 Å². The van der Waals surface area contributed by atoms with Crippen molar-refractivity contribution in [2.75, 3.05) is 53.7 Å². The molecule has 0 saturated carbocycles. The second-order valence-electron chi connectivity index (χ2n) is 16.6. The molecule has 12 nitrogen and oxygen atoms in total. The van der Waals surface area contributed by atoms with Crippen LogP contribution in [0.5, 0.6) is 0 Å². The number of nitrogens with one attached hydrogen (secondary N) is 1. The zero-order chi connectivity index (χ0) is 49.5. The number of methoxy groups -OCH3 is 2. The lowest BCUT2D eigenvalue weighted by Gasteiger charge is -2.17. The predicted octanol–water partition coefficient (Wildman–Crippen LogP) is 8.92. The topological polar surface area (TPSA) is 164 Å². The number of benzene rings is 3. The SMILES string of the molecule is CC.COCC(COC)OC(=O)CCCNCCCC(=O)OC(CO)COC(=O)C(C)CCc1ccc(C)cc1.Cc1ccc(CCC(C)C=O)cc1.Cc1ccc(CCC(C)C=O)cc1. The number of rotatable bonds is 29. The summed E-state index contributed by atoms with van der Waals surface area (Å²) in [6, 6.07) is 25.1. The molecule has 2 N–H and O–H groups in total. The zero-order valence-corrected chi connectivity index (χ0v) is 41.8. The number of carbonyl (C=O) groups excluding carboxylic acids is 5. The summed E-state index contributed by atoms with van der Waals surface area (Å²) in [5.41, 5.74) is 7.55. The third kappa shape index (κ3) is 32.0. The second kappa shape index (κ2) is 39.4. The number of aliphatic hydroxyl groups excluding tert-OH is 1. The number of aryl methyl sites for hydroxylation is 6. The van der Waals surface area contributed by atoms with Crippen LogP contribution >= 0.6 is 0 Å². The average molecular weight is 922 g/mol. The van der Waals surface area contributed by atoms with Gasteiger partial charge in [-0.05, 0) is 102 Å². The molecular weight excluding hydrogens is 839 g/mol. The van der Waals surface area contributed by atoms with Gasteiger partial charge in [0.2, 0.25) is 0 Å². The summed E-state index contributed by atoms with van der Waals surface area (Å²) in [6.45, 7) is 17.0. The lowest BCUT2D eigenvalue weighted by molar-refractivity contribution is -0.163. The second-order valence-corrected chi connectivity index (χ2v) is 16.6. The number of aliphatic hydroxyl groups is 1. The summed E-state index contributed by atoms with van der Waals surface area (Å²) >= 11 is 0. The highest BCUT2D eigenvalue weighted by atomic mass is 16.6. The van der Waals surface area contributed by atoms with Gasteiger partial charge >= 0.3 is 17.9 Å². The minimum absolute atomic E-state index is 0.155. The van der Waals surface area contributed by atoms with E-state index in [4.69, 9.17) is 23.7 Å². The Morgan fingerprint density at radius 2 is 0.939 bits per heavy atom. The Bertz CT molecular complexity index is 1630. The van der Waals surface area contributed by atoms with Crippen molar-refractivity contribution in [3.05, 3.63) is 106 Å². The normalized spacial score (nSPS) is 12.3. The van der Waals surface area contributed by atoms with E-state index in [0.717, 1.165) is 50.2 Å². The monoisotopic (exact) mass is 922 g/mol. The van der Waals surface area contributed by atoms with Gasteiger partial charge in [-0.3, -0.25) is 14.4 Å². The standard InChI is InChI=1S/C28H45NO9.2C12H16O.C2H6/c1-21-9-12-23(13-10-21)14-11-22(2)28(33)36-20-24(17-30)37-26(31)7-5-15-29-16-6-8-27(32)38-25(18-34-3)19-35-4;2*1-10-3-6-12(7-4-10)8-5-11(2)9-13;1-2/h9-10,12-13,22,24-25,29-30H,5-8,11,14-20H2,1-4H3;2*3-4,6-7,9,11H,5,8H2,1-2H3;1-2H3. The van der Waals surface area contributed by atoms with Crippen molar-refractivity contribution in [2.45, 2.75) is 132 Å². The number of carbonyl (C=O) groups is 5. The molecule has 3 rings (SSSR count). The largest absolute Gasteiger partial charge is 0.461 e. The molecule has 0 aromatic heterocycles. The number of aldehydes is 2. The van der Waals surface area contributed by atoms with Crippen molar-refractivity contribution in [1.82, 2.24) is 5.32 Å². The molecule has 370 valence electrons. The molecule has 0 amide bonds. The molecule has 0 aliphatic rings. The first-order chi connectivity index (χ1) is 31.7. The van der Waals surface area contributed by atoms with Crippen molar-refractivity contribution in [3.63, 3.8) is 0 Å². The maximum absolute atomic E-state index is 12.3. The summed E-state index contributed by atoms with van der Waals surface area (Å²) in [5.74, 6) is -1.11. The Kier molecular flexibility index (Phi) is 36.6.